The standard InChI is InChI=1S/C23H16Br2N2O4S2/c1-14-6-9-16(10-7-14)33(29,30)31-20-11-8-15(12-18(20)25)13-21-22(28)27-23(32-21)26-19-5-3-2-4-17(19)24/h2-13H,1H3,(H,26,27,28)/b21-13+. The van der Waals surface area contributed by atoms with Crippen molar-refractivity contribution in [2.75, 3.05) is 0 Å². The number of benzene rings is 3. The number of aliphatic imine (C=N–C) groups is 1. The Labute approximate surface area is 212 Å². The summed E-state index contributed by atoms with van der Waals surface area (Å²) in [5.74, 6) is -0.110. The first-order chi connectivity index (χ1) is 15.7. The summed E-state index contributed by atoms with van der Waals surface area (Å²) in [6.07, 6.45) is 1.70. The smallest absolute Gasteiger partial charge is 0.339 e. The number of amidine groups is 1. The number of carbonyl (C=O) groups is 1. The van der Waals surface area contributed by atoms with Crippen molar-refractivity contribution in [3.63, 3.8) is 0 Å². The van der Waals surface area contributed by atoms with Crippen LogP contribution in [0.1, 0.15) is 11.1 Å². The Morgan fingerprint density at radius 3 is 2.42 bits per heavy atom. The van der Waals surface area contributed by atoms with E-state index in [4.69, 9.17) is 4.18 Å². The van der Waals surface area contributed by atoms with Crippen molar-refractivity contribution in [1.29, 1.82) is 0 Å². The number of hydrogen-bond donors (Lipinski definition) is 1. The topological polar surface area (TPSA) is 84.8 Å². The number of para-hydroxylation sites is 1. The SMILES string of the molecule is Cc1ccc(S(=O)(=O)Oc2ccc(/C=C3/SC(=Nc4ccccc4Br)NC3=O)cc2Br)cc1. The minimum absolute atomic E-state index is 0.0714. The van der Waals surface area contributed by atoms with Gasteiger partial charge < -0.3 is 9.50 Å². The summed E-state index contributed by atoms with van der Waals surface area (Å²) in [6, 6.07) is 18.8. The molecule has 1 N–H and O–H groups in total. The molecule has 10 heteroatoms. The Morgan fingerprint density at radius 2 is 1.73 bits per heavy atom. The van der Waals surface area contributed by atoms with Crippen LogP contribution in [-0.4, -0.2) is 19.5 Å². The number of nitrogens with zero attached hydrogens (tertiary/aromatic N) is 1. The monoisotopic (exact) mass is 606 g/mol. The lowest BCUT2D eigenvalue weighted by atomic mass is 10.2. The van der Waals surface area contributed by atoms with E-state index in [9.17, 15) is 13.2 Å². The van der Waals surface area contributed by atoms with Gasteiger partial charge in [-0.15, -0.1) is 0 Å². The Morgan fingerprint density at radius 1 is 1.00 bits per heavy atom. The molecule has 6 nitrogen and oxygen atoms in total. The van der Waals surface area contributed by atoms with E-state index in [2.05, 4.69) is 42.2 Å². The highest BCUT2D eigenvalue weighted by atomic mass is 79.9. The fourth-order valence-corrected chi connectivity index (χ4v) is 5.57. The summed E-state index contributed by atoms with van der Waals surface area (Å²) in [5, 5.41) is 3.22. The Bertz CT molecular complexity index is 1400. The summed E-state index contributed by atoms with van der Waals surface area (Å²) >= 11 is 8.02. The fourth-order valence-electron chi connectivity index (χ4n) is 2.83. The van der Waals surface area contributed by atoms with Gasteiger partial charge in [-0.25, -0.2) is 4.99 Å². The van der Waals surface area contributed by atoms with Gasteiger partial charge in [0.2, 0.25) is 0 Å². The molecule has 33 heavy (non-hydrogen) atoms. The van der Waals surface area contributed by atoms with E-state index >= 15 is 0 Å². The molecular weight excluding hydrogens is 592 g/mol. The molecule has 0 atom stereocenters. The maximum absolute atomic E-state index is 12.6. The van der Waals surface area contributed by atoms with Gasteiger partial charge in [0.15, 0.2) is 10.9 Å². The van der Waals surface area contributed by atoms with Gasteiger partial charge in [-0.05, 0) is 98.6 Å². The quantitative estimate of drug-likeness (QED) is 0.277. The molecule has 0 aliphatic carbocycles. The van der Waals surface area contributed by atoms with Crippen molar-refractivity contribution in [2.45, 2.75) is 11.8 Å². The van der Waals surface area contributed by atoms with Crippen LogP contribution in [0.15, 0.2) is 90.5 Å². The van der Waals surface area contributed by atoms with Crippen LogP contribution in [0.5, 0.6) is 5.75 Å². The summed E-state index contributed by atoms with van der Waals surface area (Å²) in [6.45, 7) is 1.87. The summed E-state index contributed by atoms with van der Waals surface area (Å²) in [4.78, 5) is 17.4. The van der Waals surface area contributed by atoms with Gasteiger partial charge in [-0.3, -0.25) is 4.79 Å². The van der Waals surface area contributed by atoms with Crippen LogP contribution in [0, 0.1) is 6.92 Å². The van der Waals surface area contributed by atoms with Crippen molar-refractivity contribution < 1.29 is 17.4 Å². The zero-order chi connectivity index (χ0) is 23.6. The lowest BCUT2D eigenvalue weighted by Gasteiger charge is -2.09. The highest BCUT2D eigenvalue weighted by molar-refractivity contribution is 9.11. The number of halogens is 2. The molecule has 4 rings (SSSR count). The molecule has 1 saturated heterocycles. The second-order valence-corrected chi connectivity index (χ2v) is 11.3. The number of thioether (sulfide) groups is 1. The third-order valence-electron chi connectivity index (χ3n) is 4.49. The lowest BCUT2D eigenvalue weighted by Crippen LogP contribution is -2.19. The Balaban J connectivity index is 1.53. The van der Waals surface area contributed by atoms with Crippen LogP contribution >= 0.6 is 43.6 Å². The van der Waals surface area contributed by atoms with E-state index < -0.39 is 10.1 Å². The van der Waals surface area contributed by atoms with Gasteiger partial charge in [0.25, 0.3) is 5.91 Å². The maximum atomic E-state index is 12.6. The molecule has 1 amide bonds. The van der Waals surface area contributed by atoms with E-state index in [-0.39, 0.29) is 16.6 Å². The van der Waals surface area contributed by atoms with E-state index in [0.717, 1.165) is 10.0 Å². The van der Waals surface area contributed by atoms with Gasteiger partial charge >= 0.3 is 10.1 Å². The van der Waals surface area contributed by atoms with Gasteiger partial charge in [0, 0.05) is 4.47 Å². The molecule has 3 aromatic rings. The maximum Gasteiger partial charge on any atom is 0.339 e. The first-order valence-electron chi connectivity index (χ1n) is 9.56. The summed E-state index contributed by atoms with van der Waals surface area (Å²) in [7, 11) is -3.97. The van der Waals surface area contributed by atoms with Gasteiger partial charge in [0.05, 0.1) is 15.1 Å². The van der Waals surface area contributed by atoms with Crippen LogP contribution in [0.2, 0.25) is 0 Å². The van der Waals surface area contributed by atoms with E-state index in [1.807, 2.05) is 31.2 Å². The van der Waals surface area contributed by atoms with Crippen LogP contribution in [0.3, 0.4) is 0 Å². The number of carbonyl (C=O) groups excluding carboxylic acids is 1. The number of nitrogens with one attached hydrogen (secondary N) is 1. The van der Waals surface area contributed by atoms with Gasteiger partial charge in [-0.1, -0.05) is 35.9 Å². The van der Waals surface area contributed by atoms with Crippen molar-refractivity contribution in [3.8, 4) is 5.75 Å². The van der Waals surface area contributed by atoms with E-state index in [1.54, 1.807) is 30.3 Å². The molecule has 0 saturated carbocycles. The largest absolute Gasteiger partial charge is 0.378 e. The second-order valence-electron chi connectivity index (χ2n) is 6.97. The zero-order valence-corrected chi connectivity index (χ0v) is 21.9. The molecule has 0 unspecified atom stereocenters. The average Bonchev–Trinajstić information content (AvgIpc) is 3.10. The number of amides is 1. The zero-order valence-electron chi connectivity index (χ0n) is 17.1. The molecule has 0 spiro atoms. The second kappa shape index (κ2) is 9.84. The van der Waals surface area contributed by atoms with Gasteiger partial charge in [0.1, 0.15) is 4.90 Å². The first kappa shape index (κ1) is 23.7. The molecule has 0 aromatic heterocycles. The molecule has 1 aliphatic heterocycles. The van der Waals surface area contributed by atoms with Crippen molar-refractivity contribution in [3.05, 3.63) is 91.7 Å². The Hall–Kier alpha value is -2.40. The Kier molecular flexibility index (Phi) is 7.08. The number of hydrogen-bond acceptors (Lipinski definition) is 6. The highest BCUT2D eigenvalue weighted by Gasteiger charge is 2.24. The molecule has 1 fully saturated rings. The van der Waals surface area contributed by atoms with Crippen LogP contribution in [0.25, 0.3) is 6.08 Å². The molecule has 0 bridgehead atoms. The van der Waals surface area contributed by atoms with Crippen molar-refractivity contribution in [2.24, 2.45) is 4.99 Å². The fraction of sp³-hybridized carbons (Fsp3) is 0.0435. The van der Waals surface area contributed by atoms with E-state index in [0.29, 0.717) is 25.8 Å². The van der Waals surface area contributed by atoms with Crippen LogP contribution < -0.4 is 9.50 Å². The first-order valence-corrected chi connectivity index (χ1v) is 13.4. The third kappa shape index (κ3) is 5.75. The molecule has 1 aliphatic rings. The molecule has 0 radical (unpaired) electrons. The minimum Gasteiger partial charge on any atom is -0.378 e. The average molecular weight is 608 g/mol. The minimum atomic E-state index is -3.97. The van der Waals surface area contributed by atoms with Crippen molar-refractivity contribution in [1.82, 2.24) is 5.32 Å². The summed E-state index contributed by atoms with van der Waals surface area (Å²) < 4.78 is 31.7. The highest BCUT2D eigenvalue weighted by Crippen LogP contribution is 2.33. The van der Waals surface area contributed by atoms with Crippen LogP contribution in [-0.2, 0) is 14.9 Å². The molecule has 3 aromatic carbocycles. The molecule has 168 valence electrons. The molecule has 1 heterocycles. The number of rotatable bonds is 5. The molecular formula is C23H16Br2N2O4S2. The predicted octanol–water partition coefficient (Wildman–Crippen LogP) is 6.18. The normalized spacial score (nSPS) is 16.3. The lowest BCUT2D eigenvalue weighted by molar-refractivity contribution is -0.115. The van der Waals surface area contributed by atoms with Crippen molar-refractivity contribution >= 4 is 76.6 Å². The van der Waals surface area contributed by atoms with E-state index in [1.165, 1.54) is 30.0 Å². The number of aryl methyl sites for hydroxylation is 1. The third-order valence-corrected chi connectivity index (χ3v) is 7.94. The van der Waals surface area contributed by atoms with Crippen LogP contribution in [0.4, 0.5) is 5.69 Å². The summed E-state index contributed by atoms with van der Waals surface area (Å²) in [5.41, 5.74) is 2.35. The van der Waals surface area contributed by atoms with Gasteiger partial charge in [-0.2, -0.15) is 8.42 Å². The predicted molar refractivity (Wildman–Crippen MR) is 138 cm³/mol.